The zero-order valence-electron chi connectivity index (χ0n) is 16.6. The summed E-state index contributed by atoms with van der Waals surface area (Å²) in [6, 6.07) is 9.18. The number of hydrogen-bond acceptors (Lipinski definition) is 5. The van der Waals surface area contributed by atoms with Crippen LogP contribution < -0.4 is 10.6 Å². The van der Waals surface area contributed by atoms with E-state index in [2.05, 4.69) is 10.6 Å². The largest absolute Gasteiger partial charge is 0.375 e. The van der Waals surface area contributed by atoms with Gasteiger partial charge < -0.3 is 15.5 Å². The van der Waals surface area contributed by atoms with Crippen LogP contribution in [0.4, 0.5) is 17.1 Å². The molecule has 2 aromatic carbocycles. The lowest BCUT2D eigenvalue weighted by molar-refractivity contribution is -0.384. The van der Waals surface area contributed by atoms with Gasteiger partial charge in [0.05, 0.1) is 17.0 Å². The molecule has 2 amide bonds. The van der Waals surface area contributed by atoms with Crippen LogP contribution in [-0.4, -0.2) is 41.3 Å². The Hall–Kier alpha value is -3.13. The van der Waals surface area contributed by atoms with E-state index in [9.17, 15) is 19.7 Å². The number of carbonyl (C=O) groups is 2. The molecule has 2 aromatic rings. The predicted molar refractivity (Wildman–Crippen MR) is 116 cm³/mol. The van der Waals surface area contributed by atoms with Gasteiger partial charge in [-0.3, -0.25) is 19.7 Å². The average Bonchev–Trinajstić information content (AvgIpc) is 2.74. The molecular formula is C21H23ClN4O4. The number of piperidine rings is 1. The first-order valence-corrected chi connectivity index (χ1v) is 10.1. The van der Waals surface area contributed by atoms with E-state index in [1.54, 1.807) is 25.1 Å². The number of nitro benzene ring substituents is 1. The highest BCUT2D eigenvalue weighted by atomic mass is 35.5. The molecule has 9 heteroatoms. The van der Waals surface area contributed by atoms with Crippen molar-refractivity contribution in [2.75, 3.05) is 30.3 Å². The first-order chi connectivity index (χ1) is 14.3. The van der Waals surface area contributed by atoms with Gasteiger partial charge in [0.15, 0.2) is 0 Å². The van der Waals surface area contributed by atoms with Crippen LogP contribution in [0, 0.1) is 17.0 Å². The Labute approximate surface area is 179 Å². The topological polar surface area (TPSA) is 105 Å². The highest BCUT2D eigenvalue weighted by Gasteiger charge is 2.21. The molecule has 0 unspecified atom stereocenters. The standard InChI is InChI=1S/C21H23ClN4O4/c1-14-11-16(26(29)30)6-8-18(14)24-20(27)13-23-19-12-15(22)5-7-17(19)21(28)25-9-3-2-4-10-25/h5-8,11-12,23H,2-4,9-10,13H2,1H3,(H,24,27). The minimum Gasteiger partial charge on any atom is -0.375 e. The van der Waals surface area contributed by atoms with Crippen LogP contribution in [0.25, 0.3) is 0 Å². The number of benzene rings is 2. The van der Waals surface area contributed by atoms with Crippen LogP contribution in [0.5, 0.6) is 0 Å². The normalized spacial score (nSPS) is 13.6. The second-order valence-corrected chi connectivity index (χ2v) is 7.64. The van der Waals surface area contributed by atoms with Gasteiger partial charge in [-0.1, -0.05) is 11.6 Å². The summed E-state index contributed by atoms with van der Waals surface area (Å²) in [5.74, 6) is -0.427. The second kappa shape index (κ2) is 9.58. The van der Waals surface area contributed by atoms with Crippen LogP contribution >= 0.6 is 11.6 Å². The second-order valence-electron chi connectivity index (χ2n) is 7.20. The van der Waals surface area contributed by atoms with Crippen molar-refractivity contribution in [2.24, 2.45) is 0 Å². The van der Waals surface area contributed by atoms with Crippen molar-refractivity contribution in [1.29, 1.82) is 0 Å². The summed E-state index contributed by atoms with van der Waals surface area (Å²) in [5.41, 5.74) is 2.00. The third-order valence-electron chi connectivity index (χ3n) is 4.99. The Balaban J connectivity index is 1.68. The number of non-ortho nitro benzene ring substituents is 1. The number of hydrogen-bond donors (Lipinski definition) is 2. The van der Waals surface area contributed by atoms with E-state index in [1.807, 2.05) is 4.90 Å². The molecule has 30 heavy (non-hydrogen) atoms. The van der Waals surface area contributed by atoms with Gasteiger partial charge in [-0.15, -0.1) is 0 Å². The molecule has 1 heterocycles. The van der Waals surface area contributed by atoms with Gasteiger partial charge in [-0.05, 0) is 56.0 Å². The van der Waals surface area contributed by atoms with Crippen molar-refractivity contribution >= 4 is 40.5 Å². The maximum atomic E-state index is 12.9. The number of nitro groups is 1. The van der Waals surface area contributed by atoms with Gasteiger partial charge >= 0.3 is 0 Å². The maximum Gasteiger partial charge on any atom is 0.269 e. The molecular weight excluding hydrogens is 408 g/mol. The Morgan fingerprint density at radius 3 is 2.50 bits per heavy atom. The quantitative estimate of drug-likeness (QED) is 0.527. The number of anilines is 2. The highest BCUT2D eigenvalue weighted by Crippen LogP contribution is 2.24. The summed E-state index contributed by atoms with van der Waals surface area (Å²) >= 11 is 6.09. The first kappa shape index (κ1) is 21.6. The molecule has 2 N–H and O–H groups in total. The van der Waals surface area contributed by atoms with Gasteiger partial charge in [0.2, 0.25) is 5.91 Å². The molecule has 1 aliphatic rings. The minimum atomic E-state index is -0.486. The van der Waals surface area contributed by atoms with Gasteiger partial charge in [0.1, 0.15) is 0 Å². The number of carbonyl (C=O) groups excluding carboxylic acids is 2. The third kappa shape index (κ3) is 5.27. The molecule has 0 spiro atoms. The van der Waals surface area contributed by atoms with Crippen molar-refractivity contribution < 1.29 is 14.5 Å². The summed E-state index contributed by atoms with van der Waals surface area (Å²) in [6.07, 6.45) is 3.09. The van der Waals surface area contributed by atoms with Crippen molar-refractivity contribution in [3.8, 4) is 0 Å². The van der Waals surface area contributed by atoms with Gasteiger partial charge in [-0.2, -0.15) is 0 Å². The zero-order chi connectivity index (χ0) is 21.7. The lowest BCUT2D eigenvalue weighted by Crippen LogP contribution is -2.36. The van der Waals surface area contributed by atoms with Crippen LogP contribution in [0.2, 0.25) is 5.02 Å². The van der Waals surface area contributed by atoms with E-state index in [0.29, 0.717) is 27.5 Å². The molecule has 3 rings (SSSR count). The van der Waals surface area contributed by atoms with Gasteiger partial charge in [0, 0.05) is 41.6 Å². The van der Waals surface area contributed by atoms with E-state index >= 15 is 0 Å². The van der Waals surface area contributed by atoms with Gasteiger partial charge in [0.25, 0.3) is 11.6 Å². The Bertz CT molecular complexity index is 973. The van der Waals surface area contributed by atoms with E-state index in [-0.39, 0.29) is 24.0 Å². The van der Waals surface area contributed by atoms with Crippen molar-refractivity contribution in [3.63, 3.8) is 0 Å². The summed E-state index contributed by atoms with van der Waals surface area (Å²) in [6.45, 7) is 3.04. The number of rotatable bonds is 6. The highest BCUT2D eigenvalue weighted by molar-refractivity contribution is 6.31. The van der Waals surface area contributed by atoms with E-state index in [4.69, 9.17) is 11.6 Å². The molecule has 0 atom stereocenters. The first-order valence-electron chi connectivity index (χ1n) is 9.73. The number of aryl methyl sites for hydroxylation is 1. The molecule has 0 aromatic heterocycles. The van der Waals surface area contributed by atoms with E-state index in [1.165, 1.54) is 18.2 Å². The SMILES string of the molecule is Cc1cc([N+](=O)[O-])ccc1NC(=O)CNc1cc(Cl)ccc1C(=O)N1CCCCC1. The van der Waals surface area contributed by atoms with Crippen molar-refractivity contribution in [3.05, 3.63) is 62.7 Å². The summed E-state index contributed by atoms with van der Waals surface area (Å²) in [4.78, 5) is 37.4. The molecule has 0 bridgehead atoms. The monoisotopic (exact) mass is 430 g/mol. The Morgan fingerprint density at radius 1 is 1.10 bits per heavy atom. The lowest BCUT2D eigenvalue weighted by atomic mass is 10.1. The average molecular weight is 431 g/mol. The Morgan fingerprint density at radius 2 is 1.83 bits per heavy atom. The summed E-state index contributed by atoms with van der Waals surface area (Å²) in [7, 11) is 0. The van der Waals surface area contributed by atoms with Crippen LogP contribution in [0.1, 0.15) is 35.2 Å². The molecule has 1 fully saturated rings. The van der Waals surface area contributed by atoms with E-state index < -0.39 is 4.92 Å². The number of nitrogens with zero attached hydrogens (tertiary/aromatic N) is 2. The minimum absolute atomic E-state index is 0.0385. The molecule has 0 saturated carbocycles. The van der Waals surface area contributed by atoms with Crippen LogP contribution in [0.3, 0.4) is 0 Å². The molecule has 1 saturated heterocycles. The smallest absolute Gasteiger partial charge is 0.269 e. The molecule has 1 aliphatic heterocycles. The summed E-state index contributed by atoms with van der Waals surface area (Å²) < 4.78 is 0. The van der Waals surface area contributed by atoms with Crippen LogP contribution in [0.15, 0.2) is 36.4 Å². The molecule has 0 aliphatic carbocycles. The summed E-state index contributed by atoms with van der Waals surface area (Å²) in [5, 5.41) is 17.0. The predicted octanol–water partition coefficient (Wildman–Crippen LogP) is 4.23. The fraction of sp³-hybridized carbons (Fsp3) is 0.333. The molecule has 8 nitrogen and oxygen atoms in total. The lowest BCUT2D eigenvalue weighted by Gasteiger charge is -2.27. The number of halogens is 1. The number of amides is 2. The molecule has 0 radical (unpaired) electrons. The van der Waals surface area contributed by atoms with Gasteiger partial charge in [-0.25, -0.2) is 0 Å². The number of nitrogens with one attached hydrogen (secondary N) is 2. The van der Waals surface area contributed by atoms with Crippen molar-refractivity contribution in [2.45, 2.75) is 26.2 Å². The third-order valence-corrected chi connectivity index (χ3v) is 5.22. The van der Waals surface area contributed by atoms with Crippen molar-refractivity contribution in [1.82, 2.24) is 4.90 Å². The van der Waals surface area contributed by atoms with Crippen LogP contribution in [-0.2, 0) is 4.79 Å². The molecule has 158 valence electrons. The zero-order valence-corrected chi connectivity index (χ0v) is 17.4. The fourth-order valence-electron chi connectivity index (χ4n) is 3.39. The fourth-order valence-corrected chi connectivity index (χ4v) is 3.56. The Kier molecular flexibility index (Phi) is 6.89. The van der Waals surface area contributed by atoms with E-state index in [0.717, 1.165) is 32.4 Å². The maximum absolute atomic E-state index is 12.9. The number of likely N-dealkylation sites (tertiary alicyclic amines) is 1.